The summed E-state index contributed by atoms with van der Waals surface area (Å²) in [5, 5.41) is 11.5. The largest absolute Gasteiger partial charge is 0.466 e. The molecule has 172 valence electrons. The first-order valence-electron chi connectivity index (χ1n) is 9.54. The van der Waals surface area contributed by atoms with E-state index in [-0.39, 0.29) is 31.2 Å². The van der Waals surface area contributed by atoms with Crippen LogP contribution in [0, 0.1) is 11.3 Å². The van der Waals surface area contributed by atoms with Crippen LogP contribution < -0.4 is 20.5 Å². The van der Waals surface area contributed by atoms with Crippen LogP contribution in [0.25, 0.3) is 17.5 Å². The first-order chi connectivity index (χ1) is 16.2. The Labute approximate surface area is 217 Å². The van der Waals surface area contributed by atoms with Crippen LogP contribution in [0.1, 0.15) is 17.0 Å². The van der Waals surface area contributed by atoms with Gasteiger partial charge in [0.05, 0.1) is 34.8 Å². The minimum atomic E-state index is -0.966. The van der Waals surface area contributed by atoms with E-state index in [1.54, 1.807) is 36.4 Å². The molecule has 0 saturated heterocycles. The summed E-state index contributed by atoms with van der Waals surface area (Å²) >= 11 is 25.7. The molecule has 1 atom stereocenters. The molecular weight excluding hydrogens is 540 g/mol. The van der Waals surface area contributed by atoms with E-state index in [0.29, 0.717) is 26.2 Å². The van der Waals surface area contributed by atoms with Gasteiger partial charge in [-0.05, 0) is 41.5 Å². The fraction of sp³-hybridized carbons (Fsp3) is 0.0870. The summed E-state index contributed by atoms with van der Waals surface area (Å²) in [7, 11) is 1.18. The van der Waals surface area contributed by atoms with E-state index in [2.05, 4.69) is 6.07 Å². The van der Waals surface area contributed by atoms with Gasteiger partial charge in [-0.2, -0.15) is 5.26 Å². The van der Waals surface area contributed by atoms with Crippen LogP contribution in [-0.4, -0.2) is 17.6 Å². The zero-order valence-corrected chi connectivity index (χ0v) is 21.1. The molecule has 0 radical (unpaired) electrons. The highest BCUT2D eigenvalue weighted by atomic mass is 35.5. The van der Waals surface area contributed by atoms with E-state index < -0.39 is 17.4 Å². The number of ether oxygens (including phenoxy) is 1. The number of nitriles is 1. The summed E-state index contributed by atoms with van der Waals surface area (Å²) < 4.78 is 6.58. The summed E-state index contributed by atoms with van der Waals surface area (Å²) in [4.78, 5) is 26.1. The van der Waals surface area contributed by atoms with Gasteiger partial charge in [0.2, 0.25) is 0 Å². The van der Waals surface area contributed by atoms with Crippen LogP contribution in [0.15, 0.2) is 46.8 Å². The Morgan fingerprint density at radius 1 is 1.15 bits per heavy atom. The number of hydrogen-bond acceptors (Lipinski definition) is 6. The fourth-order valence-electron chi connectivity index (χ4n) is 3.67. The number of hydrogen-bond donors (Lipinski definition) is 1. The molecule has 34 heavy (non-hydrogen) atoms. The maximum atomic E-state index is 13.3. The molecule has 0 spiro atoms. The molecule has 1 aliphatic heterocycles. The lowest BCUT2D eigenvalue weighted by molar-refractivity contribution is -0.136. The van der Waals surface area contributed by atoms with Crippen LogP contribution in [-0.2, 0) is 9.53 Å². The van der Waals surface area contributed by atoms with Crippen molar-refractivity contribution >= 4 is 81.2 Å². The molecular formula is C23H13Cl4N3O3S. The van der Waals surface area contributed by atoms with Gasteiger partial charge in [0.1, 0.15) is 10.5 Å². The van der Waals surface area contributed by atoms with Crippen molar-refractivity contribution in [3.63, 3.8) is 0 Å². The molecule has 4 rings (SSSR count). The number of carbonyl (C=O) groups excluding carboxylic acids is 1. The highest BCUT2D eigenvalue weighted by molar-refractivity contribution is 7.07. The van der Waals surface area contributed by atoms with Crippen LogP contribution in [0.2, 0.25) is 20.1 Å². The van der Waals surface area contributed by atoms with E-state index in [1.807, 2.05) is 0 Å². The molecule has 0 fully saturated rings. The highest BCUT2D eigenvalue weighted by Gasteiger charge is 2.37. The Morgan fingerprint density at radius 3 is 2.38 bits per heavy atom. The molecule has 11 heteroatoms. The van der Waals surface area contributed by atoms with Crippen LogP contribution >= 0.6 is 57.7 Å². The molecule has 2 aromatic carbocycles. The van der Waals surface area contributed by atoms with Gasteiger partial charge < -0.3 is 10.5 Å². The third-order valence-electron chi connectivity index (χ3n) is 5.20. The maximum absolute atomic E-state index is 13.3. The second-order valence-electron chi connectivity index (χ2n) is 7.14. The van der Waals surface area contributed by atoms with E-state index >= 15 is 0 Å². The Balaban J connectivity index is 2.10. The number of rotatable bonds is 3. The van der Waals surface area contributed by atoms with Gasteiger partial charge in [-0.3, -0.25) is 9.36 Å². The van der Waals surface area contributed by atoms with Crippen molar-refractivity contribution in [1.29, 1.82) is 5.26 Å². The number of thiazole rings is 1. The number of fused-ring (bicyclic) bond motifs is 1. The monoisotopic (exact) mass is 551 g/mol. The molecule has 3 aromatic rings. The van der Waals surface area contributed by atoms with E-state index in [9.17, 15) is 14.9 Å². The number of benzene rings is 2. The molecule has 2 N–H and O–H groups in total. The standard InChI is InChI=1S/C23H13Cl4N3O3S/c1-33-23(32)19-18(13-5-4-12(25)8-16(13)27)14(9-28)22-30(20(19)29)21(31)17(34-22)6-10-2-3-11(24)7-15(10)26/h2-8,18H,29H2,1H3/b17-6-/t18-/m1/s1. The van der Waals surface area contributed by atoms with E-state index in [1.165, 1.54) is 13.2 Å². The third-order valence-corrected chi connectivity index (χ3v) is 7.43. The predicted octanol–water partition coefficient (Wildman–Crippen LogP) is 4.12. The summed E-state index contributed by atoms with van der Waals surface area (Å²) in [5.74, 6) is -1.91. The zero-order valence-electron chi connectivity index (χ0n) is 17.2. The van der Waals surface area contributed by atoms with Crippen molar-refractivity contribution in [2.24, 2.45) is 5.73 Å². The number of esters is 1. The van der Waals surface area contributed by atoms with Gasteiger partial charge in [0.25, 0.3) is 5.56 Å². The molecule has 0 aliphatic carbocycles. The minimum absolute atomic E-state index is 0.0771. The van der Waals surface area contributed by atoms with Crippen LogP contribution in [0.3, 0.4) is 0 Å². The summed E-state index contributed by atoms with van der Waals surface area (Å²) in [6.45, 7) is 0. The zero-order chi connectivity index (χ0) is 24.7. The lowest BCUT2D eigenvalue weighted by Gasteiger charge is -2.25. The molecule has 1 aromatic heterocycles. The Hall–Kier alpha value is -2.73. The molecule has 0 unspecified atom stereocenters. The lowest BCUT2D eigenvalue weighted by atomic mass is 9.84. The topological polar surface area (TPSA) is 98.1 Å². The minimum Gasteiger partial charge on any atom is -0.466 e. The normalized spacial score (nSPS) is 15.8. The van der Waals surface area contributed by atoms with Gasteiger partial charge in [0.15, 0.2) is 0 Å². The number of methoxy groups -OCH3 is 1. The summed E-state index contributed by atoms with van der Waals surface area (Å²) in [6, 6.07) is 11.7. The van der Waals surface area contributed by atoms with Crippen LogP contribution in [0.4, 0.5) is 0 Å². The van der Waals surface area contributed by atoms with Crippen molar-refractivity contribution in [1.82, 2.24) is 4.57 Å². The predicted molar refractivity (Wildman–Crippen MR) is 136 cm³/mol. The van der Waals surface area contributed by atoms with E-state index in [4.69, 9.17) is 56.9 Å². The lowest BCUT2D eigenvalue weighted by Crippen LogP contribution is -2.40. The molecule has 0 bridgehead atoms. The Morgan fingerprint density at radius 2 is 1.79 bits per heavy atom. The first-order valence-corrected chi connectivity index (χ1v) is 11.9. The number of carbonyl (C=O) groups is 1. The van der Waals surface area contributed by atoms with Crippen molar-refractivity contribution in [2.45, 2.75) is 5.92 Å². The highest BCUT2D eigenvalue weighted by Crippen LogP contribution is 2.40. The van der Waals surface area contributed by atoms with Gasteiger partial charge >= 0.3 is 5.97 Å². The van der Waals surface area contributed by atoms with Crippen molar-refractivity contribution in [2.75, 3.05) is 7.11 Å². The SMILES string of the molecule is COC(=O)C1=C(N)n2c(s/c(=C\c3ccc(Cl)cc3Cl)c2=O)=C(C#N)[C@H]1c1ccc(Cl)cc1Cl. The first kappa shape index (κ1) is 24.4. The summed E-state index contributed by atoms with van der Waals surface area (Å²) in [6.07, 6.45) is 1.57. The van der Waals surface area contributed by atoms with Gasteiger partial charge in [-0.1, -0.05) is 58.5 Å². The second-order valence-corrected chi connectivity index (χ2v) is 9.85. The smallest absolute Gasteiger partial charge is 0.338 e. The van der Waals surface area contributed by atoms with Gasteiger partial charge in [0, 0.05) is 20.1 Å². The maximum Gasteiger partial charge on any atom is 0.338 e. The molecule has 2 heterocycles. The van der Waals surface area contributed by atoms with Gasteiger partial charge in [-0.25, -0.2) is 4.79 Å². The Kier molecular flexibility index (Phi) is 6.81. The number of nitrogens with two attached hydrogens (primary N) is 1. The quantitative estimate of drug-likeness (QED) is 0.493. The summed E-state index contributed by atoms with van der Waals surface area (Å²) in [5.41, 5.74) is 6.84. The number of aromatic nitrogens is 1. The van der Waals surface area contributed by atoms with Gasteiger partial charge in [-0.15, -0.1) is 11.3 Å². The van der Waals surface area contributed by atoms with Crippen molar-refractivity contribution < 1.29 is 9.53 Å². The third kappa shape index (κ3) is 4.13. The molecule has 0 amide bonds. The molecule has 0 saturated carbocycles. The van der Waals surface area contributed by atoms with E-state index in [0.717, 1.165) is 15.9 Å². The van der Waals surface area contributed by atoms with Crippen LogP contribution in [0.5, 0.6) is 0 Å². The average Bonchev–Trinajstić information content (AvgIpc) is 3.11. The molecule has 1 aliphatic rings. The fourth-order valence-corrected chi connectivity index (χ4v) is 5.77. The Bertz CT molecular complexity index is 1620. The number of nitrogens with zero attached hydrogens (tertiary/aromatic N) is 2. The van der Waals surface area contributed by atoms with Crippen molar-refractivity contribution in [3.05, 3.63) is 92.7 Å². The number of halogens is 4. The van der Waals surface area contributed by atoms with Crippen molar-refractivity contribution in [3.8, 4) is 6.07 Å². The molecule has 6 nitrogen and oxygen atoms in total. The second kappa shape index (κ2) is 9.49. The average molecular weight is 553 g/mol.